The molecule has 0 aromatic rings. The molecule has 33 heteroatoms. The average molecular weight is 801 g/mol. The molecule has 4 rings (SSSR count). The van der Waals surface area contributed by atoms with Gasteiger partial charge in [0, 0.05) is 0 Å². The third-order valence-electron chi connectivity index (χ3n) is 7.38. The average Bonchev–Trinajstić information content (AvgIpc) is 2.83. The van der Waals surface area contributed by atoms with E-state index in [1.807, 2.05) is 0 Å². The molecule has 2 atom stereocenters. The van der Waals surface area contributed by atoms with E-state index in [-0.39, 0.29) is 0 Å². The molecule has 2 unspecified atom stereocenters. The standard InChI is InChI=1S/C16H2F27NO5/c17-1-5(18,19)2(47-14(36,37)11(30,31)44(42)43)8(24,25)3(6(1,20)21,48-15(38,39)12(32,33)45)10(28,29)4(7(1,22)23,9(2,26)27)49-16(40,41)13(34,35)46/h45-46H. The molecule has 0 heterocycles. The zero-order valence-electron chi connectivity index (χ0n) is 20.8. The summed E-state index contributed by atoms with van der Waals surface area (Å²) in [6.45, 7) is 0. The van der Waals surface area contributed by atoms with Crippen LogP contribution in [0.3, 0.4) is 0 Å². The Labute approximate surface area is 244 Å². The molecule has 0 aliphatic heterocycles. The zero-order chi connectivity index (χ0) is 39.7. The maximum absolute atomic E-state index is 15.7. The van der Waals surface area contributed by atoms with Gasteiger partial charge in [-0.15, -0.1) is 0 Å². The van der Waals surface area contributed by atoms with Gasteiger partial charge in [0.15, 0.2) is 0 Å². The largest absolute Gasteiger partial charge is 0.449 e. The summed E-state index contributed by atoms with van der Waals surface area (Å²) in [6, 6.07) is -8.25. The number of halogens is 27. The Balaban J connectivity index is 2.87. The zero-order valence-corrected chi connectivity index (χ0v) is 20.8. The van der Waals surface area contributed by atoms with Crippen LogP contribution in [0.2, 0.25) is 0 Å². The van der Waals surface area contributed by atoms with Gasteiger partial charge in [-0.2, -0.15) is 105 Å². The third-order valence-corrected chi connectivity index (χ3v) is 7.38. The first-order valence-electron chi connectivity index (χ1n) is 10.7. The minimum absolute atomic E-state index is 1.36. The van der Waals surface area contributed by atoms with Gasteiger partial charge in [0.05, 0.1) is 0 Å². The van der Waals surface area contributed by atoms with Crippen LogP contribution in [0.4, 0.5) is 119 Å². The summed E-state index contributed by atoms with van der Waals surface area (Å²) in [4.78, 5) is 0. The van der Waals surface area contributed by atoms with Crippen molar-refractivity contribution < 1.29 is 143 Å². The van der Waals surface area contributed by atoms with Crippen LogP contribution in [0, 0.1) is 0 Å². The van der Waals surface area contributed by atoms with Gasteiger partial charge < -0.3 is 10.2 Å². The second-order valence-electron chi connectivity index (χ2n) is 9.86. The number of nitrogens with zero attached hydrogens (tertiary/aromatic N) is 1. The minimum atomic E-state index is -9.55. The lowest BCUT2D eigenvalue weighted by Gasteiger charge is -2.77. The van der Waals surface area contributed by atoms with Crippen molar-refractivity contribution in [1.29, 1.82) is 0 Å². The molecule has 0 amide bonds. The third kappa shape index (κ3) is 3.59. The molecule has 290 valence electrons. The maximum Gasteiger partial charge on any atom is 0.449 e. The van der Waals surface area contributed by atoms with Crippen LogP contribution >= 0.6 is 0 Å². The van der Waals surface area contributed by atoms with E-state index in [9.17, 15) is 61.6 Å². The normalized spacial score (nSPS) is 36.4. The van der Waals surface area contributed by atoms with Crippen LogP contribution in [0.25, 0.3) is 0 Å². The Morgan fingerprint density at radius 2 is 0.571 bits per heavy atom. The molecule has 0 aromatic heterocycles. The monoisotopic (exact) mass is 801 g/mol. The highest BCUT2D eigenvalue weighted by Crippen LogP contribution is 2.89. The fraction of sp³-hybridized carbons (Fsp3) is 1.00. The number of ether oxygens (including phenoxy) is 3. The first-order chi connectivity index (χ1) is 20.8. The minimum Gasteiger partial charge on any atom is -0.329 e. The summed E-state index contributed by atoms with van der Waals surface area (Å²) in [5.41, 5.74) is -37.4. The number of alkyl halides is 25. The van der Waals surface area contributed by atoms with Crippen LogP contribution in [-0.2, 0) is 14.2 Å². The molecule has 2 N–H and O–H groups in total. The molecule has 4 aliphatic rings. The lowest BCUT2D eigenvalue weighted by molar-refractivity contribution is -0.677. The van der Waals surface area contributed by atoms with Crippen LogP contribution in [0.15, 0.2) is 0 Å². The topological polar surface area (TPSA) is 71.4 Å². The van der Waals surface area contributed by atoms with Gasteiger partial charge in [0.2, 0.25) is 0 Å². The van der Waals surface area contributed by atoms with E-state index in [4.69, 9.17) is 10.2 Å². The second-order valence-corrected chi connectivity index (χ2v) is 9.86. The van der Waals surface area contributed by atoms with E-state index in [1.54, 1.807) is 0 Å². The number of aliphatic hydroxyl groups is 2. The van der Waals surface area contributed by atoms with E-state index in [1.165, 1.54) is 14.2 Å². The van der Waals surface area contributed by atoms with Crippen molar-refractivity contribution in [2.24, 2.45) is 0 Å². The van der Waals surface area contributed by atoms with Gasteiger partial charge in [-0.3, -0.25) is 14.2 Å². The van der Waals surface area contributed by atoms with E-state index in [0.29, 0.717) is 0 Å². The highest BCUT2D eigenvalue weighted by molar-refractivity contribution is 5.55. The quantitative estimate of drug-likeness (QED) is 0.151. The lowest BCUT2D eigenvalue weighted by Crippen LogP contribution is -3.12. The molecule has 4 aliphatic carbocycles. The number of hydrogen-bond acceptors (Lipinski definition) is 6. The summed E-state index contributed by atoms with van der Waals surface area (Å²) in [5, 5.41) is 11.5. The van der Waals surface area contributed by atoms with Crippen molar-refractivity contribution in [3.63, 3.8) is 0 Å². The second kappa shape index (κ2) is 9.26. The van der Waals surface area contributed by atoms with Gasteiger partial charge in [-0.1, -0.05) is 8.96 Å². The van der Waals surface area contributed by atoms with Gasteiger partial charge in [0.1, 0.15) is 5.34 Å². The molecular weight excluding hydrogens is 799 g/mol. The Kier molecular flexibility index (Phi) is 7.80. The van der Waals surface area contributed by atoms with E-state index in [2.05, 4.69) is 0 Å². The Morgan fingerprint density at radius 1 is 0.367 bits per heavy atom. The first-order valence-corrected chi connectivity index (χ1v) is 10.7. The van der Waals surface area contributed by atoms with Crippen LogP contribution < -0.4 is 0 Å². The van der Waals surface area contributed by atoms with Crippen LogP contribution in [0.1, 0.15) is 0 Å². The van der Waals surface area contributed by atoms with Gasteiger partial charge in [-0.05, 0) is 0 Å². The van der Waals surface area contributed by atoms with E-state index in [0.717, 1.165) is 0 Å². The molecule has 4 bridgehead atoms. The fourth-order valence-electron chi connectivity index (χ4n) is 5.27. The van der Waals surface area contributed by atoms with E-state index < -0.39 is 99.9 Å². The molecule has 0 radical (unpaired) electrons. The summed E-state index contributed by atoms with van der Waals surface area (Å²) in [5.74, 6) is -56.6. The summed E-state index contributed by atoms with van der Waals surface area (Å²) >= 11 is 0. The maximum atomic E-state index is 15.7. The summed E-state index contributed by atoms with van der Waals surface area (Å²) in [7, 11) is 0. The SMILES string of the molecule is OC(F)(F)C(F)(F)OC12C(F)(F)C3(F)C(F)(F)C(OC(F)(F)C(O)(F)F)(C1(F)F)C(F)(F)C(OC(F)(F)C(F)(F)N(F)F)(C3(F)F)C2(F)F. The predicted octanol–water partition coefficient (Wildman–Crippen LogP) is 6.43. The smallest absolute Gasteiger partial charge is 0.329 e. The fourth-order valence-corrected chi connectivity index (χ4v) is 5.27. The first kappa shape index (κ1) is 41.3. The Bertz CT molecular complexity index is 1300. The molecule has 0 aromatic carbocycles. The predicted molar refractivity (Wildman–Crippen MR) is 83.1 cm³/mol. The van der Waals surface area contributed by atoms with Crippen LogP contribution in [0.5, 0.6) is 0 Å². The van der Waals surface area contributed by atoms with E-state index >= 15 is 57.1 Å². The molecular formula is C16H2F27NO5. The van der Waals surface area contributed by atoms with Gasteiger partial charge in [0.25, 0.3) is 16.8 Å². The molecule has 0 spiro atoms. The lowest BCUT2D eigenvalue weighted by atomic mass is 9.38. The highest BCUT2D eigenvalue weighted by atomic mass is 19.4. The van der Waals surface area contributed by atoms with Crippen molar-refractivity contribution in [3.8, 4) is 0 Å². The van der Waals surface area contributed by atoms with Crippen molar-refractivity contribution in [2.45, 2.75) is 94.6 Å². The molecule has 4 saturated carbocycles. The molecule has 0 saturated heterocycles. The van der Waals surface area contributed by atoms with Crippen molar-refractivity contribution >= 4 is 0 Å². The summed E-state index contributed by atoms with van der Waals surface area (Å²) < 4.78 is 393. The number of rotatable bonds is 10. The van der Waals surface area contributed by atoms with Crippen molar-refractivity contribution in [3.05, 3.63) is 0 Å². The van der Waals surface area contributed by atoms with Gasteiger partial charge in [-0.25, -0.2) is 4.39 Å². The molecule has 4 fully saturated rings. The highest BCUT2D eigenvalue weighted by Gasteiger charge is 3.24. The Morgan fingerprint density at radius 3 is 0.755 bits per heavy atom. The Hall–Kier alpha value is -2.13. The molecule has 6 nitrogen and oxygen atoms in total. The molecule has 49 heavy (non-hydrogen) atoms. The number of hydrogen-bond donors (Lipinski definition) is 2. The van der Waals surface area contributed by atoms with Crippen molar-refractivity contribution in [2.75, 3.05) is 0 Å². The van der Waals surface area contributed by atoms with Gasteiger partial charge >= 0.3 is 77.8 Å². The van der Waals surface area contributed by atoms with Crippen LogP contribution in [-0.4, -0.2) is 110 Å². The summed E-state index contributed by atoms with van der Waals surface area (Å²) in [6.07, 6.45) is -41.3. The van der Waals surface area contributed by atoms with Crippen molar-refractivity contribution in [1.82, 2.24) is 5.34 Å².